The first-order valence-corrected chi connectivity index (χ1v) is 6.70. The molecule has 2 amide bonds. The summed E-state index contributed by atoms with van der Waals surface area (Å²) >= 11 is 0. The fourth-order valence-corrected chi connectivity index (χ4v) is 2.28. The van der Waals surface area contributed by atoms with Crippen LogP contribution in [0.25, 0.3) is 0 Å². The van der Waals surface area contributed by atoms with Gasteiger partial charge in [0.05, 0.1) is 17.3 Å². The van der Waals surface area contributed by atoms with Gasteiger partial charge < -0.3 is 4.90 Å². The minimum absolute atomic E-state index is 0.274. The summed E-state index contributed by atoms with van der Waals surface area (Å²) in [7, 11) is 0. The first-order chi connectivity index (χ1) is 10.7. The Hall–Kier alpha value is -3.00. The number of rotatable bonds is 4. The molecule has 0 atom stereocenters. The van der Waals surface area contributed by atoms with Gasteiger partial charge in [0.15, 0.2) is 0 Å². The van der Waals surface area contributed by atoms with Gasteiger partial charge in [-0.1, -0.05) is 18.1 Å². The number of carbonyl (C=O) groups is 1. The average molecular weight is 293 g/mol. The SMILES string of the molecule is C#CCN(Cc1ccc(F)cc1)c1ccc2c(c1)=NC(=O)N=2. The molecule has 0 radical (unpaired) electrons. The van der Waals surface area contributed by atoms with E-state index in [4.69, 9.17) is 6.42 Å². The molecule has 108 valence electrons. The summed E-state index contributed by atoms with van der Waals surface area (Å²) in [5, 5.41) is 1.11. The van der Waals surface area contributed by atoms with E-state index < -0.39 is 6.03 Å². The summed E-state index contributed by atoms with van der Waals surface area (Å²) in [5.41, 5.74) is 1.78. The molecule has 2 aromatic rings. The van der Waals surface area contributed by atoms with Crippen LogP contribution in [0.15, 0.2) is 52.4 Å². The number of fused-ring (bicyclic) bond motifs is 1. The standard InChI is InChI=1S/C17H12FN3O/c1-2-9-21(11-12-3-5-13(18)6-4-12)14-7-8-15-16(10-14)20-17(22)19-15/h1,3-8,10H,9,11H2. The Bertz CT molecular complexity index is 882. The number of halogens is 1. The van der Waals surface area contributed by atoms with Crippen molar-refractivity contribution < 1.29 is 9.18 Å². The van der Waals surface area contributed by atoms with Gasteiger partial charge in [-0.05, 0) is 35.9 Å². The molecule has 0 N–H and O–H groups in total. The van der Waals surface area contributed by atoms with Gasteiger partial charge in [-0.3, -0.25) is 0 Å². The minimum Gasteiger partial charge on any atom is -0.356 e. The lowest BCUT2D eigenvalue weighted by Crippen LogP contribution is -2.27. The number of anilines is 1. The number of hydrogen-bond acceptors (Lipinski definition) is 2. The van der Waals surface area contributed by atoms with Gasteiger partial charge in [0.2, 0.25) is 0 Å². The summed E-state index contributed by atoms with van der Waals surface area (Å²) in [6.07, 6.45) is 5.43. The van der Waals surface area contributed by atoms with Gasteiger partial charge in [-0.25, -0.2) is 9.18 Å². The molecule has 1 heterocycles. The van der Waals surface area contributed by atoms with Gasteiger partial charge in [0.1, 0.15) is 5.82 Å². The monoisotopic (exact) mass is 293 g/mol. The molecule has 22 heavy (non-hydrogen) atoms. The van der Waals surface area contributed by atoms with Crippen molar-refractivity contribution in [3.05, 3.63) is 64.6 Å². The topological polar surface area (TPSA) is 45.0 Å². The van der Waals surface area contributed by atoms with Crippen LogP contribution in [0.3, 0.4) is 0 Å². The van der Waals surface area contributed by atoms with Crippen molar-refractivity contribution in [2.75, 3.05) is 11.4 Å². The Balaban J connectivity index is 1.92. The third-order valence-electron chi connectivity index (χ3n) is 3.33. The molecule has 0 bridgehead atoms. The minimum atomic E-state index is -0.491. The van der Waals surface area contributed by atoms with Crippen molar-refractivity contribution in [2.45, 2.75) is 6.54 Å². The van der Waals surface area contributed by atoms with Gasteiger partial charge in [-0.2, -0.15) is 9.98 Å². The van der Waals surface area contributed by atoms with E-state index in [1.54, 1.807) is 24.3 Å². The number of benzene rings is 2. The first-order valence-electron chi connectivity index (χ1n) is 6.70. The van der Waals surface area contributed by atoms with Crippen LogP contribution in [0, 0.1) is 18.2 Å². The van der Waals surface area contributed by atoms with Gasteiger partial charge in [-0.15, -0.1) is 6.42 Å². The molecule has 0 fully saturated rings. The molecule has 1 aliphatic heterocycles. The zero-order chi connectivity index (χ0) is 15.5. The van der Waals surface area contributed by atoms with E-state index in [-0.39, 0.29) is 5.82 Å². The van der Waals surface area contributed by atoms with Crippen LogP contribution in [0.1, 0.15) is 5.56 Å². The van der Waals surface area contributed by atoms with Crippen molar-refractivity contribution in [3.63, 3.8) is 0 Å². The molecular weight excluding hydrogens is 281 g/mol. The summed E-state index contributed by atoms with van der Waals surface area (Å²) < 4.78 is 13.0. The highest BCUT2D eigenvalue weighted by Crippen LogP contribution is 2.15. The van der Waals surface area contributed by atoms with Crippen LogP contribution in [-0.2, 0) is 6.54 Å². The molecule has 1 aliphatic rings. The highest BCUT2D eigenvalue weighted by molar-refractivity contribution is 5.77. The molecule has 2 aromatic carbocycles. The van der Waals surface area contributed by atoms with Crippen LogP contribution in [0.2, 0.25) is 0 Å². The molecule has 4 nitrogen and oxygen atoms in total. The maximum Gasteiger partial charge on any atom is 0.368 e. The fraction of sp³-hybridized carbons (Fsp3) is 0.118. The third kappa shape index (κ3) is 2.86. The Labute approximate surface area is 126 Å². The molecular formula is C17H12FN3O. The van der Waals surface area contributed by atoms with E-state index in [1.807, 2.05) is 11.0 Å². The highest BCUT2D eigenvalue weighted by Gasteiger charge is 2.10. The van der Waals surface area contributed by atoms with Crippen LogP contribution in [0.4, 0.5) is 14.9 Å². The number of nitrogens with zero attached hydrogens (tertiary/aromatic N) is 3. The number of urea groups is 1. The molecule has 5 heteroatoms. The van der Waals surface area contributed by atoms with Crippen molar-refractivity contribution in [1.82, 2.24) is 0 Å². The third-order valence-corrected chi connectivity index (χ3v) is 3.33. The lowest BCUT2D eigenvalue weighted by molar-refractivity contribution is 0.256. The molecule has 0 aromatic heterocycles. The fourth-order valence-electron chi connectivity index (χ4n) is 2.28. The van der Waals surface area contributed by atoms with Crippen LogP contribution in [0.5, 0.6) is 0 Å². The van der Waals surface area contributed by atoms with E-state index in [0.717, 1.165) is 11.3 Å². The molecule has 3 rings (SSSR count). The first kappa shape index (κ1) is 14.0. The lowest BCUT2D eigenvalue weighted by Gasteiger charge is -2.22. The van der Waals surface area contributed by atoms with Crippen molar-refractivity contribution in [3.8, 4) is 12.3 Å². The van der Waals surface area contributed by atoms with Crippen molar-refractivity contribution >= 4 is 11.7 Å². The summed E-state index contributed by atoms with van der Waals surface area (Å²) in [4.78, 5) is 20.8. The van der Waals surface area contributed by atoms with Crippen molar-refractivity contribution in [1.29, 1.82) is 0 Å². The second-order valence-corrected chi connectivity index (χ2v) is 4.87. The van der Waals surface area contributed by atoms with Crippen LogP contribution < -0.4 is 15.6 Å². The second kappa shape index (κ2) is 5.78. The Morgan fingerprint density at radius 3 is 2.55 bits per heavy atom. The molecule has 0 aliphatic carbocycles. The van der Waals surface area contributed by atoms with Crippen molar-refractivity contribution in [2.24, 2.45) is 9.98 Å². The average Bonchev–Trinajstić information content (AvgIpc) is 2.88. The largest absolute Gasteiger partial charge is 0.368 e. The normalized spacial score (nSPS) is 12.1. The number of carbonyl (C=O) groups excluding carboxylic acids is 1. The maximum absolute atomic E-state index is 13.0. The van der Waals surface area contributed by atoms with Gasteiger partial charge >= 0.3 is 6.03 Å². The number of terminal acetylenes is 1. The van der Waals surface area contributed by atoms with Crippen LogP contribution in [-0.4, -0.2) is 12.6 Å². The summed E-state index contributed by atoms with van der Waals surface area (Å²) in [6, 6.07) is 11.1. The summed E-state index contributed by atoms with van der Waals surface area (Å²) in [6.45, 7) is 0.926. The van der Waals surface area contributed by atoms with E-state index in [2.05, 4.69) is 15.9 Å². The van der Waals surface area contributed by atoms with E-state index in [1.165, 1.54) is 12.1 Å². The Kier molecular flexibility index (Phi) is 3.67. The van der Waals surface area contributed by atoms with Gasteiger partial charge in [0.25, 0.3) is 0 Å². The number of amides is 2. The van der Waals surface area contributed by atoms with E-state index in [9.17, 15) is 9.18 Å². The second-order valence-electron chi connectivity index (χ2n) is 4.87. The number of hydrogen-bond donors (Lipinski definition) is 0. The highest BCUT2D eigenvalue weighted by atomic mass is 19.1. The molecule has 0 saturated heterocycles. The molecule has 0 spiro atoms. The molecule has 0 unspecified atom stereocenters. The molecule has 0 saturated carbocycles. The predicted molar refractivity (Wildman–Crippen MR) is 80.4 cm³/mol. The van der Waals surface area contributed by atoms with Crippen LogP contribution >= 0.6 is 0 Å². The Morgan fingerprint density at radius 2 is 1.82 bits per heavy atom. The lowest BCUT2D eigenvalue weighted by atomic mass is 10.2. The zero-order valence-electron chi connectivity index (χ0n) is 11.7. The zero-order valence-corrected chi connectivity index (χ0v) is 11.7. The summed E-state index contributed by atoms with van der Waals surface area (Å²) in [5.74, 6) is 2.33. The van der Waals surface area contributed by atoms with E-state index >= 15 is 0 Å². The Morgan fingerprint density at radius 1 is 1.09 bits per heavy atom. The smallest absolute Gasteiger partial charge is 0.356 e. The van der Waals surface area contributed by atoms with Gasteiger partial charge in [0, 0.05) is 12.2 Å². The predicted octanol–water partition coefficient (Wildman–Crippen LogP) is 1.84. The quantitative estimate of drug-likeness (QED) is 0.807. The van der Waals surface area contributed by atoms with E-state index in [0.29, 0.717) is 23.8 Å². The maximum atomic E-state index is 13.0.